The Labute approximate surface area is 125 Å². The zero-order valence-electron chi connectivity index (χ0n) is 14.2. The van der Waals surface area contributed by atoms with Crippen molar-refractivity contribution in [3.8, 4) is 0 Å². The topological polar surface area (TPSA) is 41.3 Å². The van der Waals surface area contributed by atoms with E-state index in [-0.39, 0.29) is 5.54 Å². The predicted molar refractivity (Wildman–Crippen MR) is 86.3 cm³/mol. The minimum atomic E-state index is 0.0982. The molecule has 1 aliphatic carbocycles. The maximum atomic E-state index is 6.24. The first-order chi connectivity index (χ1) is 9.27. The van der Waals surface area contributed by atoms with Crippen LogP contribution in [-0.4, -0.2) is 29.2 Å². The average molecular weight is 281 g/mol. The second-order valence-electron chi connectivity index (χ2n) is 8.49. The molecule has 2 rings (SSSR count). The van der Waals surface area contributed by atoms with E-state index in [4.69, 9.17) is 5.73 Å². The molecule has 118 valence electrons. The Morgan fingerprint density at radius 1 is 1.10 bits per heavy atom. The molecule has 3 heteroatoms. The first-order valence-electron chi connectivity index (χ1n) is 8.53. The van der Waals surface area contributed by atoms with Crippen molar-refractivity contribution in [2.24, 2.45) is 17.1 Å². The Hall–Kier alpha value is -0.120. The lowest BCUT2D eigenvalue weighted by atomic mass is 9.64. The third kappa shape index (κ3) is 3.55. The first kappa shape index (κ1) is 16.3. The van der Waals surface area contributed by atoms with Gasteiger partial charge in [0.1, 0.15) is 0 Å². The number of hydrazine groups is 1. The van der Waals surface area contributed by atoms with E-state index in [0.29, 0.717) is 17.5 Å². The Kier molecular flexibility index (Phi) is 4.83. The molecular weight excluding hydrogens is 246 g/mol. The number of nitrogens with zero attached hydrogens (tertiary/aromatic N) is 1. The van der Waals surface area contributed by atoms with Crippen LogP contribution in [0.25, 0.3) is 0 Å². The van der Waals surface area contributed by atoms with E-state index in [2.05, 4.69) is 45.1 Å². The van der Waals surface area contributed by atoms with Crippen LogP contribution in [0.15, 0.2) is 0 Å². The van der Waals surface area contributed by atoms with E-state index in [1.807, 2.05) is 0 Å². The van der Waals surface area contributed by atoms with E-state index < -0.39 is 0 Å². The molecule has 2 fully saturated rings. The average Bonchev–Trinajstić information content (AvgIpc) is 2.31. The molecule has 1 heterocycles. The molecule has 1 aliphatic heterocycles. The normalized spacial score (nSPS) is 42.6. The van der Waals surface area contributed by atoms with E-state index in [0.717, 1.165) is 12.5 Å². The summed E-state index contributed by atoms with van der Waals surface area (Å²) in [6.07, 6.45) is 7.69. The molecule has 0 spiro atoms. The van der Waals surface area contributed by atoms with Gasteiger partial charge < -0.3 is 5.73 Å². The minimum absolute atomic E-state index is 0.0982. The van der Waals surface area contributed by atoms with Gasteiger partial charge in [-0.2, -0.15) is 0 Å². The van der Waals surface area contributed by atoms with E-state index >= 15 is 0 Å². The van der Waals surface area contributed by atoms with Crippen molar-refractivity contribution in [2.75, 3.05) is 6.54 Å². The molecule has 0 aromatic rings. The third-order valence-corrected chi connectivity index (χ3v) is 5.41. The fraction of sp³-hybridized carbons (Fsp3) is 1.00. The molecule has 4 atom stereocenters. The number of nitrogens with two attached hydrogens (primary N) is 1. The van der Waals surface area contributed by atoms with E-state index in [9.17, 15) is 0 Å². The molecule has 4 unspecified atom stereocenters. The summed E-state index contributed by atoms with van der Waals surface area (Å²) in [5.74, 6) is 0.755. The van der Waals surface area contributed by atoms with Crippen molar-refractivity contribution < 1.29 is 0 Å². The van der Waals surface area contributed by atoms with Gasteiger partial charge in [0.05, 0.1) is 0 Å². The molecule has 0 radical (unpaired) electrons. The van der Waals surface area contributed by atoms with Gasteiger partial charge in [-0.05, 0) is 57.3 Å². The highest BCUT2D eigenvalue weighted by molar-refractivity contribution is 5.00. The van der Waals surface area contributed by atoms with Gasteiger partial charge in [-0.3, -0.25) is 0 Å². The highest BCUT2D eigenvalue weighted by Crippen LogP contribution is 2.44. The summed E-state index contributed by atoms with van der Waals surface area (Å²) in [6, 6.07) is 1.25. The van der Waals surface area contributed by atoms with Crippen molar-refractivity contribution in [1.82, 2.24) is 10.4 Å². The number of hydrogen-bond acceptors (Lipinski definition) is 3. The maximum absolute atomic E-state index is 6.24. The molecule has 2 aliphatic rings. The zero-order chi connectivity index (χ0) is 15.0. The van der Waals surface area contributed by atoms with Gasteiger partial charge in [-0.15, -0.1) is 0 Å². The molecule has 0 aromatic carbocycles. The second-order valence-corrected chi connectivity index (χ2v) is 8.49. The predicted octanol–water partition coefficient (Wildman–Crippen LogP) is 3.30. The molecular formula is C17H35N3. The number of hydrogen-bond donors (Lipinski definition) is 2. The number of rotatable bonds is 3. The molecule has 1 saturated carbocycles. The van der Waals surface area contributed by atoms with E-state index in [1.54, 1.807) is 0 Å². The maximum Gasteiger partial charge on any atom is 0.0455 e. The highest BCUT2D eigenvalue weighted by Gasteiger charge is 2.44. The molecule has 3 nitrogen and oxygen atoms in total. The van der Waals surface area contributed by atoms with Crippen LogP contribution in [0, 0.1) is 11.3 Å². The summed E-state index contributed by atoms with van der Waals surface area (Å²) in [5, 5.41) is 2.52. The Bertz CT molecular complexity index is 318. The first-order valence-corrected chi connectivity index (χ1v) is 8.53. The summed E-state index contributed by atoms with van der Waals surface area (Å²) >= 11 is 0. The molecule has 20 heavy (non-hydrogen) atoms. The van der Waals surface area contributed by atoms with Crippen molar-refractivity contribution in [2.45, 2.75) is 90.8 Å². The standard InChI is InChI=1S/C17H35N3/c1-13-9-16(4,5)11-17(10-13,12-18)19-20-14(2)7-6-8-15(20)3/h13-15,19H,6-12,18H2,1-5H3. The number of piperidine rings is 1. The molecule has 0 amide bonds. The van der Waals surface area contributed by atoms with Crippen LogP contribution in [0.2, 0.25) is 0 Å². The van der Waals surface area contributed by atoms with Crippen LogP contribution < -0.4 is 11.2 Å². The smallest absolute Gasteiger partial charge is 0.0455 e. The summed E-state index contributed by atoms with van der Waals surface area (Å²) < 4.78 is 0. The molecule has 0 aromatic heterocycles. The molecule has 1 saturated heterocycles. The fourth-order valence-corrected chi connectivity index (χ4v) is 4.94. The van der Waals surface area contributed by atoms with Crippen molar-refractivity contribution in [3.63, 3.8) is 0 Å². The highest BCUT2D eigenvalue weighted by atomic mass is 15.6. The number of nitrogens with one attached hydrogen (secondary N) is 1. The van der Waals surface area contributed by atoms with Gasteiger partial charge in [0.2, 0.25) is 0 Å². The summed E-state index contributed by atoms with van der Waals surface area (Å²) in [7, 11) is 0. The van der Waals surface area contributed by atoms with Crippen LogP contribution in [0.4, 0.5) is 0 Å². The Morgan fingerprint density at radius 2 is 1.70 bits per heavy atom. The van der Waals surface area contributed by atoms with Gasteiger partial charge in [0.25, 0.3) is 0 Å². The van der Waals surface area contributed by atoms with Crippen LogP contribution in [0.5, 0.6) is 0 Å². The van der Waals surface area contributed by atoms with Gasteiger partial charge >= 0.3 is 0 Å². The Morgan fingerprint density at radius 3 is 2.20 bits per heavy atom. The Balaban J connectivity index is 2.14. The van der Waals surface area contributed by atoms with Crippen LogP contribution in [0.1, 0.15) is 73.1 Å². The van der Waals surface area contributed by atoms with Crippen LogP contribution in [-0.2, 0) is 0 Å². The minimum Gasteiger partial charge on any atom is -0.329 e. The monoisotopic (exact) mass is 281 g/mol. The fourth-order valence-electron chi connectivity index (χ4n) is 4.94. The largest absolute Gasteiger partial charge is 0.329 e. The SMILES string of the molecule is CC1CC(C)(C)CC(CN)(NN2C(C)CCCC2C)C1. The summed E-state index contributed by atoms with van der Waals surface area (Å²) in [5.41, 5.74) is 10.6. The van der Waals surface area contributed by atoms with E-state index in [1.165, 1.54) is 38.5 Å². The van der Waals surface area contributed by atoms with Gasteiger partial charge in [0.15, 0.2) is 0 Å². The van der Waals surface area contributed by atoms with Crippen molar-refractivity contribution in [3.05, 3.63) is 0 Å². The lowest BCUT2D eigenvalue weighted by Gasteiger charge is -2.52. The van der Waals surface area contributed by atoms with Crippen LogP contribution in [0.3, 0.4) is 0 Å². The summed E-state index contributed by atoms with van der Waals surface area (Å²) in [6.45, 7) is 12.6. The lowest BCUT2D eigenvalue weighted by molar-refractivity contribution is -0.0366. The third-order valence-electron chi connectivity index (χ3n) is 5.41. The van der Waals surface area contributed by atoms with Gasteiger partial charge in [-0.1, -0.05) is 27.2 Å². The van der Waals surface area contributed by atoms with Gasteiger partial charge in [-0.25, -0.2) is 10.4 Å². The quantitative estimate of drug-likeness (QED) is 0.834. The zero-order valence-corrected chi connectivity index (χ0v) is 14.2. The lowest BCUT2D eigenvalue weighted by Crippen LogP contribution is -2.66. The second kappa shape index (κ2) is 5.94. The van der Waals surface area contributed by atoms with Crippen LogP contribution >= 0.6 is 0 Å². The van der Waals surface area contributed by atoms with Gasteiger partial charge in [0, 0.05) is 24.2 Å². The van der Waals surface area contributed by atoms with Crippen molar-refractivity contribution in [1.29, 1.82) is 0 Å². The van der Waals surface area contributed by atoms with Crippen molar-refractivity contribution >= 4 is 0 Å². The molecule has 0 bridgehead atoms. The molecule has 3 N–H and O–H groups in total. The summed E-state index contributed by atoms with van der Waals surface area (Å²) in [4.78, 5) is 0.